The summed E-state index contributed by atoms with van der Waals surface area (Å²) in [5.74, 6) is 3.43. The van der Waals surface area contributed by atoms with Crippen molar-refractivity contribution in [1.82, 2.24) is 0 Å². The molecular weight excluding hydrogens is 304 g/mol. The summed E-state index contributed by atoms with van der Waals surface area (Å²) in [7, 11) is 0. The van der Waals surface area contributed by atoms with E-state index in [0.717, 1.165) is 22.3 Å². The van der Waals surface area contributed by atoms with E-state index in [-0.39, 0.29) is 13.2 Å². The Hall–Kier alpha value is -1.78. The van der Waals surface area contributed by atoms with Crippen LogP contribution in [0.25, 0.3) is 10.8 Å². The van der Waals surface area contributed by atoms with E-state index >= 15 is 0 Å². The largest absolute Gasteiger partial charge is 0.490 e. The van der Waals surface area contributed by atoms with Crippen LogP contribution in [0.15, 0.2) is 24.3 Å². The molecule has 128 valence electrons. The lowest BCUT2D eigenvalue weighted by Gasteiger charge is -2.25. The second kappa shape index (κ2) is 6.26. The first-order valence-corrected chi connectivity index (χ1v) is 8.83. The Labute approximate surface area is 142 Å². The van der Waals surface area contributed by atoms with Gasteiger partial charge in [-0.3, -0.25) is 0 Å². The molecule has 1 saturated carbocycles. The molecule has 2 aromatic rings. The number of rotatable bonds is 6. The van der Waals surface area contributed by atoms with Crippen LogP contribution in [-0.4, -0.2) is 36.6 Å². The minimum atomic E-state index is 0.00944. The van der Waals surface area contributed by atoms with Crippen molar-refractivity contribution in [2.24, 2.45) is 5.92 Å². The summed E-state index contributed by atoms with van der Waals surface area (Å²) < 4.78 is 12.0. The van der Waals surface area contributed by atoms with Crippen LogP contribution in [0.1, 0.15) is 42.7 Å². The average molecular weight is 328 g/mol. The van der Waals surface area contributed by atoms with E-state index in [9.17, 15) is 10.2 Å². The minimum Gasteiger partial charge on any atom is -0.490 e. The molecule has 0 radical (unpaired) electrons. The van der Waals surface area contributed by atoms with E-state index in [4.69, 9.17) is 9.47 Å². The summed E-state index contributed by atoms with van der Waals surface area (Å²) in [6.45, 7) is 2.95. The Balaban J connectivity index is 1.98. The number of ether oxygens (including phenoxy) is 2. The van der Waals surface area contributed by atoms with E-state index < -0.39 is 0 Å². The van der Waals surface area contributed by atoms with E-state index in [0.29, 0.717) is 31.0 Å². The highest BCUT2D eigenvalue weighted by Crippen LogP contribution is 2.63. The van der Waals surface area contributed by atoms with E-state index in [2.05, 4.69) is 19.1 Å². The van der Waals surface area contributed by atoms with Gasteiger partial charge in [0.1, 0.15) is 24.7 Å². The predicted octanol–water partition coefficient (Wildman–Crippen LogP) is 3.19. The van der Waals surface area contributed by atoms with Gasteiger partial charge in [-0.15, -0.1) is 0 Å². The average Bonchev–Trinajstić information content (AvgIpc) is 3.11. The van der Waals surface area contributed by atoms with Crippen molar-refractivity contribution in [2.75, 3.05) is 26.4 Å². The molecule has 1 fully saturated rings. The third-order valence-corrected chi connectivity index (χ3v) is 5.67. The standard InChI is InChI=1S/C20H24O4/c1-12-13-6-7-14(12)18-17(13)19(23-10-8-21)15-4-2-3-5-16(15)20(18)24-11-9-22/h2-5,12-14,21-22H,6-11H2,1H3. The lowest BCUT2D eigenvalue weighted by atomic mass is 9.87. The molecule has 0 saturated heterocycles. The Morgan fingerprint density at radius 1 is 0.875 bits per heavy atom. The van der Waals surface area contributed by atoms with E-state index in [1.807, 2.05) is 12.1 Å². The van der Waals surface area contributed by atoms with Crippen LogP contribution in [0.3, 0.4) is 0 Å². The monoisotopic (exact) mass is 328 g/mol. The van der Waals surface area contributed by atoms with Gasteiger partial charge in [-0.25, -0.2) is 0 Å². The fraction of sp³-hybridized carbons (Fsp3) is 0.500. The molecule has 2 aromatic carbocycles. The van der Waals surface area contributed by atoms with Crippen molar-refractivity contribution < 1.29 is 19.7 Å². The molecule has 0 aromatic heterocycles. The molecule has 0 aliphatic heterocycles. The fourth-order valence-electron chi connectivity index (χ4n) is 4.74. The SMILES string of the molecule is CC1C2CCC1c1c2c(OCCO)c2ccccc2c1OCCO. The van der Waals surface area contributed by atoms with Crippen LogP contribution < -0.4 is 9.47 Å². The zero-order chi connectivity index (χ0) is 16.7. The maximum atomic E-state index is 9.23. The van der Waals surface area contributed by atoms with Crippen molar-refractivity contribution >= 4 is 10.8 Å². The van der Waals surface area contributed by atoms with Crippen LogP contribution in [-0.2, 0) is 0 Å². The van der Waals surface area contributed by atoms with Crippen LogP contribution in [0.4, 0.5) is 0 Å². The van der Waals surface area contributed by atoms with Gasteiger partial charge >= 0.3 is 0 Å². The molecule has 2 N–H and O–H groups in total. The minimum absolute atomic E-state index is 0.00944. The quantitative estimate of drug-likeness (QED) is 0.855. The van der Waals surface area contributed by atoms with Gasteiger partial charge < -0.3 is 19.7 Å². The van der Waals surface area contributed by atoms with E-state index in [1.54, 1.807) is 0 Å². The zero-order valence-electron chi connectivity index (χ0n) is 14.0. The Morgan fingerprint density at radius 3 is 1.75 bits per heavy atom. The number of aliphatic hydroxyl groups excluding tert-OH is 2. The number of hydrogen-bond donors (Lipinski definition) is 2. The van der Waals surface area contributed by atoms with Crippen LogP contribution in [0.2, 0.25) is 0 Å². The Kier molecular flexibility index (Phi) is 4.10. The molecule has 24 heavy (non-hydrogen) atoms. The van der Waals surface area contributed by atoms with Crippen molar-refractivity contribution in [3.63, 3.8) is 0 Å². The van der Waals surface area contributed by atoms with Gasteiger partial charge in [0.15, 0.2) is 0 Å². The molecule has 2 aliphatic rings. The van der Waals surface area contributed by atoms with Crippen molar-refractivity contribution in [2.45, 2.75) is 31.6 Å². The molecule has 0 spiro atoms. The predicted molar refractivity (Wildman–Crippen MR) is 93.0 cm³/mol. The molecule has 2 aliphatic carbocycles. The first-order valence-electron chi connectivity index (χ1n) is 8.83. The molecule has 4 rings (SSSR count). The van der Waals surface area contributed by atoms with Gasteiger partial charge in [0.05, 0.1) is 13.2 Å². The van der Waals surface area contributed by atoms with Gasteiger partial charge in [0.2, 0.25) is 0 Å². The maximum absolute atomic E-state index is 9.23. The number of benzene rings is 2. The van der Waals surface area contributed by atoms with Gasteiger partial charge in [-0.2, -0.15) is 0 Å². The first-order chi connectivity index (χ1) is 11.8. The summed E-state index contributed by atoms with van der Waals surface area (Å²) in [6, 6.07) is 8.13. The molecule has 2 bridgehead atoms. The summed E-state index contributed by atoms with van der Waals surface area (Å²) in [5.41, 5.74) is 2.55. The number of hydrogen-bond acceptors (Lipinski definition) is 4. The molecule has 2 unspecified atom stereocenters. The number of fused-ring (bicyclic) bond motifs is 6. The second-order valence-electron chi connectivity index (χ2n) is 6.82. The van der Waals surface area contributed by atoms with Gasteiger partial charge in [-0.05, 0) is 30.6 Å². The fourth-order valence-corrected chi connectivity index (χ4v) is 4.74. The normalized spacial score (nSPS) is 24.4. The summed E-state index contributed by atoms with van der Waals surface area (Å²) >= 11 is 0. The third kappa shape index (κ3) is 2.20. The maximum Gasteiger partial charge on any atom is 0.131 e. The van der Waals surface area contributed by atoms with E-state index in [1.165, 1.54) is 24.0 Å². The summed E-state index contributed by atoms with van der Waals surface area (Å²) in [4.78, 5) is 0. The first kappa shape index (κ1) is 15.7. The van der Waals surface area contributed by atoms with Gasteiger partial charge in [0.25, 0.3) is 0 Å². The number of aliphatic hydroxyl groups is 2. The highest BCUT2D eigenvalue weighted by molar-refractivity contribution is 5.97. The molecule has 2 atom stereocenters. The highest BCUT2D eigenvalue weighted by atomic mass is 16.5. The molecule has 4 heteroatoms. The van der Waals surface area contributed by atoms with Crippen molar-refractivity contribution in [3.05, 3.63) is 35.4 Å². The lowest BCUT2D eigenvalue weighted by Crippen LogP contribution is -2.11. The topological polar surface area (TPSA) is 58.9 Å². The third-order valence-electron chi connectivity index (χ3n) is 5.67. The molecule has 0 amide bonds. The summed E-state index contributed by atoms with van der Waals surface area (Å²) in [6.07, 6.45) is 2.37. The second-order valence-corrected chi connectivity index (χ2v) is 6.82. The van der Waals surface area contributed by atoms with Crippen molar-refractivity contribution in [3.8, 4) is 11.5 Å². The zero-order valence-corrected chi connectivity index (χ0v) is 14.0. The smallest absolute Gasteiger partial charge is 0.131 e. The molecular formula is C20H24O4. The lowest BCUT2D eigenvalue weighted by molar-refractivity contribution is 0.198. The molecule has 0 heterocycles. The van der Waals surface area contributed by atoms with Crippen LogP contribution >= 0.6 is 0 Å². The Bertz CT molecular complexity index is 692. The molecule has 4 nitrogen and oxygen atoms in total. The summed E-state index contributed by atoms with van der Waals surface area (Å²) in [5, 5.41) is 20.5. The van der Waals surface area contributed by atoms with Crippen LogP contribution in [0.5, 0.6) is 11.5 Å². The Morgan fingerprint density at radius 2 is 1.33 bits per heavy atom. The van der Waals surface area contributed by atoms with Crippen molar-refractivity contribution in [1.29, 1.82) is 0 Å². The van der Waals surface area contributed by atoms with Gasteiger partial charge in [0, 0.05) is 21.9 Å². The van der Waals surface area contributed by atoms with Gasteiger partial charge in [-0.1, -0.05) is 31.2 Å². The highest BCUT2D eigenvalue weighted by Gasteiger charge is 2.47. The van der Waals surface area contributed by atoms with Crippen LogP contribution in [0, 0.1) is 5.92 Å².